The predicted molar refractivity (Wildman–Crippen MR) is 70.4 cm³/mol. The van der Waals surface area contributed by atoms with E-state index in [1.807, 2.05) is 0 Å². The first-order valence-corrected chi connectivity index (χ1v) is 6.74. The average Bonchev–Trinajstić information content (AvgIpc) is 2.96. The molecule has 0 spiro atoms. The molecule has 0 aromatic carbocycles. The summed E-state index contributed by atoms with van der Waals surface area (Å²) in [5.41, 5.74) is 1.25. The van der Waals surface area contributed by atoms with Gasteiger partial charge in [0.2, 0.25) is 0 Å². The zero-order valence-corrected chi connectivity index (χ0v) is 11.9. The minimum Gasteiger partial charge on any atom is -0.469 e. The molecule has 5 nitrogen and oxygen atoms in total. The molecule has 6 heteroatoms. The maximum absolute atomic E-state index is 12.2. The number of methoxy groups -OCH3 is 1. The van der Waals surface area contributed by atoms with Crippen LogP contribution in [0.5, 0.6) is 0 Å². The van der Waals surface area contributed by atoms with Gasteiger partial charge in [0.15, 0.2) is 10.9 Å². The monoisotopic (exact) mass is 284 g/mol. The molecule has 1 heterocycles. The third kappa shape index (κ3) is 2.81. The van der Waals surface area contributed by atoms with Gasteiger partial charge in [-0.05, 0) is 12.8 Å². The Hall–Kier alpha value is -1.36. The molecule has 2 rings (SSSR count). The number of rotatable bonds is 4. The SMILES string of the molecule is COC(=O)CC(=O)c1c(Cl)nn(C)c1C1CCCC1. The van der Waals surface area contributed by atoms with Crippen molar-refractivity contribution in [2.24, 2.45) is 7.05 Å². The summed E-state index contributed by atoms with van der Waals surface area (Å²) < 4.78 is 6.19. The third-order valence-corrected chi connectivity index (χ3v) is 3.87. The number of aromatic nitrogens is 2. The molecular formula is C13H17ClN2O3. The summed E-state index contributed by atoms with van der Waals surface area (Å²) in [4.78, 5) is 23.4. The van der Waals surface area contributed by atoms with Gasteiger partial charge in [-0.1, -0.05) is 24.4 Å². The Kier molecular flexibility index (Phi) is 4.24. The van der Waals surface area contributed by atoms with Gasteiger partial charge in [0.25, 0.3) is 0 Å². The number of Topliss-reactive ketones (excluding diaryl/α,β-unsaturated/α-hetero) is 1. The van der Waals surface area contributed by atoms with Crippen LogP contribution in [0.4, 0.5) is 0 Å². The van der Waals surface area contributed by atoms with Crippen molar-refractivity contribution in [3.8, 4) is 0 Å². The van der Waals surface area contributed by atoms with Crippen molar-refractivity contribution >= 4 is 23.4 Å². The number of carbonyl (C=O) groups excluding carboxylic acids is 2. The fourth-order valence-electron chi connectivity index (χ4n) is 2.72. The number of halogens is 1. The molecule has 0 saturated heterocycles. The van der Waals surface area contributed by atoms with E-state index in [2.05, 4.69) is 9.84 Å². The molecular weight excluding hydrogens is 268 g/mol. The Morgan fingerprint density at radius 1 is 1.42 bits per heavy atom. The first-order chi connectivity index (χ1) is 9.04. The summed E-state index contributed by atoms with van der Waals surface area (Å²) in [7, 11) is 3.05. The number of hydrogen-bond donors (Lipinski definition) is 0. The molecule has 104 valence electrons. The maximum atomic E-state index is 12.2. The van der Waals surface area contributed by atoms with Crippen molar-refractivity contribution in [1.29, 1.82) is 0 Å². The van der Waals surface area contributed by atoms with Crippen molar-refractivity contribution in [2.45, 2.75) is 38.0 Å². The highest BCUT2D eigenvalue weighted by Crippen LogP contribution is 2.37. The van der Waals surface area contributed by atoms with Crippen molar-refractivity contribution in [2.75, 3.05) is 7.11 Å². The van der Waals surface area contributed by atoms with Gasteiger partial charge in [0.05, 0.1) is 18.4 Å². The highest BCUT2D eigenvalue weighted by atomic mass is 35.5. The molecule has 1 aromatic heterocycles. The molecule has 0 radical (unpaired) electrons. The van der Waals surface area contributed by atoms with Crippen LogP contribution >= 0.6 is 11.6 Å². The molecule has 0 N–H and O–H groups in total. The maximum Gasteiger partial charge on any atom is 0.313 e. The van der Waals surface area contributed by atoms with Crippen molar-refractivity contribution in [1.82, 2.24) is 9.78 Å². The van der Waals surface area contributed by atoms with Crippen LogP contribution in [-0.4, -0.2) is 28.6 Å². The second-order valence-corrected chi connectivity index (χ2v) is 5.19. The summed E-state index contributed by atoms with van der Waals surface area (Å²) in [6.07, 6.45) is 4.08. The zero-order valence-electron chi connectivity index (χ0n) is 11.1. The van der Waals surface area contributed by atoms with Crippen LogP contribution in [0, 0.1) is 0 Å². The van der Waals surface area contributed by atoms with Crippen LogP contribution in [-0.2, 0) is 16.6 Å². The predicted octanol–water partition coefficient (Wildman–Crippen LogP) is 2.48. The minimum absolute atomic E-state index is 0.179. The molecule has 1 saturated carbocycles. The molecule has 0 bridgehead atoms. The van der Waals surface area contributed by atoms with Gasteiger partial charge in [-0.25, -0.2) is 0 Å². The second-order valence-electron chi connectivity index (χ2n) is 4.83. The van der Waals surface area contributed by atoms with Gasteiger partial charge in [0, 0.05) is 13.0 Å². The zero-order chi connectivity index (χ0) is 14.0. The smallest absolute Gasteiger partial charge is 0.313 e. The van der Waals surface area contributed by atoms with Gasteiger partial charge in [0.1, 0.15) is 6.42 Å². The Bertz CT molecular complexity index is 504. The number of ketones is 1. The van der Waals surface area contributed by atoms with Crippen LogP contribution in [0.1, 0.15) is 54.1 Å². The standard InChI is InChI=1S/C13H17ClN2O3/c1-16-12(8-5-3-4-6-8)11(13(14)15-16)9(17)7-10(18)19-2/h8H,3-7H2,1-2H3. The van der Waals surface area contributed by atoms with E-state index in [4.69, 9.17) is 11.6 Å². The summed E-state index contributed by atoms with van der Waals surface area (Å²) >= 11 is 6.05. The Balaban J connectivity index is 2.33. The Morgan fingerprint density at radius 3 is 2.63 bits per heavy atom. The number of nitrogens with zero attached hydrogens (tertiary/aromatic N) is 2. The van der Waals surface area contributed by atoms with Crippen LogP contribution < -0.4 is 0 Å². The molecule has 1 fully saturated rings. The van der Waals surface area contributed by atoms with Crippen molar-refractivity contribution < 1.29 is 14.3 Å². The van der Waals surface area contributed by atoms with E-state index in [-0.39, 0.29) is 17.4 Å². The van der Waals surface area contributed by atoms with Gasteiger partial charge in [-0.2, -0.15) is 5.10 Å². The average molecular weight is 285 g/mol. The highest BCUT2D eigenvalue weighted by Gasteiger charge is 2.30. The summed E-state index contributed by atoms with van der Waals surface area (Å²) in [5, 5.41) is 4.30. The summed E-state index contributed by atoms with van der Waals surface area (Å²) in [6, 6.07) is 0. The minimum atomic E-state index is -0.553. The molecule has 1 aromatic rings. The lowest BCUT2D eigenvalue weighted by atomic mass is 9.97. The molecule has 0 amide bonds. The number of carbonyl (C=O) groups is 2. The Labute approximate surface area is 116 Å². The molecule has 0 atom stereocenters. The van der Waals surface area contributed by atoms with Crippen LogP contribution in [0.2, 0.25) is 5.15 Å². The largest absolute Gasteiger partial charge is 0.469 e. The topological polar surface area (TPSA) is 61.2 Å². The van der Waals surface area contributed by atoms with Gasteiger partial charge in [-0.3, -0.25) is 14.3 Å². The lowest BCUT2D eigenvalue weighted by Crippen LogP contribution is -2.13. The van der Waals surface area contributed by atoms with E-state index >= 15 is 0 Å². The van der Waals surface area contributed by atoms with E-state index in [1.54, 1.807) is 11.7 Å². The van der Waals surface area contributed by atoms with E-state index in [1.165, 1.54) is 7.11 Å². The molecule has 19 heavy (non-hydrogen) atoms. The Morgan fingerprint density at radius 2 is 2.05 bits per heavy atom. The van der Waals surface area contributed by atoms with Crippen molar-refractivity contribution in [3.05, 3.63) is 16.4 Å². The summed E-state index contributed by atoms with van der Waals surface area (Å²) in [5.74, 6) is -0.560. The lowest BCUT2D eigenvalue weighted by Gasteiger charge is -2.12. The van der Waals surface area contributed by atoms with E-state index < -0.39 is 5.97 Å². The highest BCUT2D eigenvalue weighted by molar-refractivity contribution is 6.33. The number of aryl methyl sites for hydroxylation is 1. The summed E-state index contributed by atoms with van der Waals surface area (Å²) in [6.45, 7) is 0. The normalized spacial score (nSPS) is 15.7. The number of esters is 1. The van der Waals surface area contributed by atoms with Crippen LogP contribution in [0.25, 0.3) is 0 Å². The number of hydrogen-bond acceptors (Lipinski definition) is 4. The molecule has 0 unspecified atom stereocenters. The van der Waals surface area contributed by atoms with E-state index in [0.717, 1.165) is 31.4 Å². The quantitative estimate of drug-likeness (QED) is 0.484. The van der Waals surface area contributed by atoms with Gasteiger partial charge >= 0.3 is 5.97 Å². The van der Waals surface area contributed by atoms with Gasteiger partial charge < -0.3 is 4.74 Å². The molecule has 1 aliphatic carbocycles. The first-order valence-electron chi connectivity index (χ1n) is 6.37. The van der Waals surface area contributed by atoms with Crippen LogP contribution in [0.15, 0.2) is 0 Å². The van der Waals surface area contributed by atoms with E-state index in [0.29, 0.717) is 11.5 Å². The third-order valence-electron chi connectivity index (χ3n) is 3.60. The van der Waals surface area contributed by atoms with Gasteiger partial charge in [-0.15, -0.1) is 0 Å². The van der Waals surface area contributed by atoms with Crippen LogP contribution in [0.3, 0.4) is 0 Å². The fraction of sp³-hybridized carbons (Fsp3) is 0.615. The number of ether oxygens (including phenoxy) is 1. The lowest BCUT2D eigenvalue weighted by molar-refractivity contribution is -0.139. The first kappa shape index (κ1) is 14.1. The van der Waals surface area contributed by atoms with Crippen molar-refractivity contribution in [3.63, 3.8) is 0 Å². The second kappa shape index (κ2) is 5.74. The molecule has 0 aliphatic heterocycles. The molecule has 1 aliphatic rings. The van der Waals surface area contributed by atoms with E-state index in [9.17, 15) is 9.59 Å². The fourth-order valence-corrected chi connectivity index (χ4v) is 3.04.